The van der Waals surface area contributed by atoms with Crippen molar-refractivity contribution < 1.29 is 18.0 Å². The van der Waals surface area contributed by atoms with Crippen molar-refractivity contribution in [2.45, 2.75) is 51.6 Å². The second-order valence-corrected chi connectivity index (χ2v) is 10.7. The number of halogens is 1. The summed E-state index contributed by atoms with van der Waals surface area (Å²) in [5.74, 6) is -2.81. The molecule has 29 heavy (non-hydrogen) atoms. The van der Waals surface area contributed by atoms with Gasteiger partial charge in [0.05, 0.1) is 10.2 Å². The van der Waals surface area contributed by atoms with E-state index in [9.17, 15) is 18.0 Å². The highest BCUT2D eigenvalue weighted by Crippen LogP contribution is 2.22. The van der Waals surface area contributed by atoms with Crippen LogP contribution >= 0.6 is 22.9 Å². The van der Waals surface area contributed by atoms with E-state index in [0.717, 1.165) is 42.3 Å². The minimum atomic E-state index is -3.89. The van der Waals surface area contributed by atoms with Crippen LogP contribution in [0.5, 0.6) is 0 Å². The molecule has 1 aromatic heterocycles. The predicted octanol–water partition coefficient (Wildman–Crippen LogP) is 2.67. The highest BCUT2D eigenvalue weighted by Gasteiger charge is 2.23. The molecule has 1 aliphatic carbocycles. The van der Waals surface area contributed by atoms with Crippen molar-refractivity contribution >= 4 is 54.8 Å². The molecule has 2 amide bonds. The Morgan fingerprint density at radius 1 is 1.24 bits per heavy atom. The summed E-state index contributed by atoms with van der Waals surface area (Å²) in [5.41, 5.74) is 0.878. The molecular formula is C19H24ClN3O4S2. The lowest BCUT2D eigenvalue weighted by atomic mass is 9.95. The number of aryl methyl sites for hydroxylation is 1. The summed E-state index contributed by atoms with van der Waals surface area (Å²) in [6.45, 7) is 2.49. The van der Waals surface area contributed by atoms with Gasteiger partial charge in [0.15, 0.2) is 14.6 Å². The van der Waals surface area contributed by atoms with Crippen molar-refractivity contribution in [2.24, 2.45) is 4.99 Å². The Hall–Kier alpha value is -1.71. The van der Waals surface area contributed by atoms with Gasteiger partial charge in [0.2, 0.25) is 5.91 Å². The number of hydrogen-bond donors (Lipinski definition) is 1. The van der Waals surface area contributed by atoms with Gasteiger partial charge in [-0.25, -0.2) is 8.42 Å². The van der Waals surface area contributed by atoms with E-state index in [1.807, 2.05) is 17.6 Å². The third kappa shape index (κ3) is 5.90. The van der Waals surface area contributed by atoms with E-state index in [-0.39, 0.29) is 6.04 Å². The summed E-state index contributed by atoms with van der Waals surface area (Å²) in [4.78, 5) is 28.8. The molecule has 1 fully saturated rings. The molecule has 2 aromatic rings. The van der Waals surface area contributed by atoms with Crippen LogP contribution in [0.15, 0.2) is 23.2 Å². The van der Waals surface area contributed by atoms with Crippen molar-refractivity contribution in [3.05, 3.63) is 28.0 Å². The molecule has 158 valence electrons. The third-order valence-electron chi connectivity index (χ3n) is 4.85. The summed E-state index contributed by atoms with van der Waals surface area (Å²) < 4.78 is 27.3. The fraction of sp³-hybridized carbons (Fsp3) is 0.526. The van der Waals surface area contributed by atoms with E-state index in [1.54, 1.807) is 12.1 Å². The standard InChI is InChI=1S/C19H24ClN3O4S2/c1-2-23-15-9-8-13(20)10-16(15)28-19(23)22-18(25)12-29(26,27)11-17(24)21-14-6-4-3-5-7-14/h8-10,14H,2-7,11-12H2,1H3,(H,21,24). The molecule has 1 heterocycles. The first-order valence-electron chi connectivity index (χ1n) is 9.63. The second kappa shape index (κ2) is 9.40. The quantitative estimate of drug-likeness (QED) is 0.720. The molecular weight excluding hydrogens is 434 g/mol. The van der Waals surface area contributed by atoms with E-state index in [4.69, 9.17) is 11.6 Å². The molecule has 1 N–H and O–H groups in total. The SMILES string of the molecule is CCn1c(=NC(=O)CS(=O)(=O)CC(=O)NC2CCCCC2)sc2cc(Cl)ccc21. The van der Waals surface area contributed by atoms with Gasteiger partial charge in [-0.2, -0.15) is 4.99 Å². The van der Waals surface area contributed by atoms with Crippen LogP contribution in [0, 0.1) is 0 Å². The summed E-state index contributed by atoms with van der Waals surface area (Å²) in [6, 6.07) is 5.40. The van der Waals surface area contributed by atoms with Crippen molar-refractivity contribution in [2.75, 3.05) is 11.5 Å². The molecule has 0 radical (unpaired) electrons. The van der Waals surface area contributed by atoms with Gasteiger partial charge in [0, 0.05) is 17.6 Å². The van der Waals surface area contributed by atoms with Gasteiger partial charge in [-0.1, -0.05) is 42.2 Å². The van der Waals surface area contributed by atoms with Gasteiger partial charge >= 0.3 is 0 Å². The monoisotopic (exact) mass is 457 g/mol. The summed E-state index contributed by atoms with van der Waals surface area (Å²) in [7, 11) is -3.89. The van der Waals surface area contributed by atoms with E-state index in [1.165, 1.54) is 11.3 Å². The fourth-order valence-electron chi connectivity index (χ4n) is 3.53. The van der Waals surface area contributed by atoms with Gasteiger partial charge in [-0.15, -0.1) is 0 Å². The van der Waals surface area contributed by atoms with Crippen LogP contribution < -0.4 is 10.1 Å². The number of nitrogens with one attached hydrogen (secondary N) is 1. The zero-order valence-electron chi connectivity index (χ0n) is 16.2. The minimum Gasteiger partial charge on any atom is -0.352 e. The summed E-state index contributed by atoms with van der Waals surface area (Å²) in [5, 5.41) is 3.34. The number of amides is 2. The van der Waals surface area contributed by atoms with Gasteiger partial charge in [0.1, 0.15) is 11.5 Å². The van der Waals surface area contributed by atoms with Crippen LogP contribution in [0.25, 0.3) is 10.2 Å². The zero-order valence-corrected chi connectivity index (χ0v) is 18.6. The number of rotatable bonds is 6. The molecule has 1 saturated carbocycles. The Labute approximate surface area is 178 Å². The predicted molar refractivity (Wildman–Crippen MR) is 115 cm³/mol. The molecule has 0 aliphatic heterocycles. The van der Waals surface area contributed by atoms with E-state index >= 15 is 0 Å². The Balaban J connectivity index is 1.70. The molecule has 3 rings (SSSR count). The lowest BCUT2D eigenvalue weighted by Crippen LogP contribution is -2.40. The molecule has 10 heteroatoms. The highest BCUT2D eigenvalue weighted by atomic mass is 35.5. The van der Waals surface area contributed by atoms with Gasteiger partial charge in [0.25, 0.3) is 5.91 Å². The lowest BCUT2D eigenvalue weighted by Gasteiger charge is -2.22. The van der Waals surface area contributed by atoms with Crippen molar-refractivity contribution in [3.8, 4) is 0 Å². The van der Waals surface area contributed by atoms with Crippen molar-refractivity contribution in [1.29, 1.82) is 0 Å². The van der Waals surface area contributed by atoms with Crippen LogP contribution in [0.3, 0.4) is 0 Å². The highest BCUT2D eigenvalue weighted by molar-refractivity contribution is 7.92. The Bertz CT molecular complexity index is 1080. The number of carbonyl (C=O) groups is 2. The molecule has 0 unspecified atom stereocenters. The first-order valence-corrected chi connectivity index (χ1v) is 12.7. The van der Waals surface area contributed by atoms with Crippen LogP contribution in [-0.4, -0.2) is 42.3 Å². The largest absolute Gasteiger partial charge is 0.352 e. The molecule has 0 atom stereocenters. The van der Waals surface area contributed by atoms with Crippen molar-refractivity contribution in [1.82, 2.24) is 9.88 Å². The second-order valence-electron chi connectivity index (χ2n) is 7.18. The summed E-state index contributed by atoms with van der Waals surface area (Å²) in [6.07, 6.45) is 4.95. The van der Waals surface area contributed by atoms with Gasteiger partial charge in [-0.05, 0) is 38.0 Å². The van der Waals surface area contributed by atoms with Crippen molar-refractivity contribution in [3.63, 3.8) is 0 Å². The molecule has 0 bridgehead atoms. The number of benzene rings is 1. The maximum Gasteiger partial charge on any atom is 0.263 e. The topological polar surface area (TPSA) is 97.6 Å². The van der Waals surface area contributed by atoms with Crippen LogP contribution in [0.2, 0.25) is 5.02 Å². The van der Waals surface area contributed by atoms with Crippen LogP contribution in [-0.2, 0) is 26.0 Å². The number of sulfone groups is 1. The molecule has 1 aromatic carbocycles. The molecule has 1 aliphatic rings. The maximum absolute atomic E-state index is 12.3. The van der Waals surface area contributed by atoms with Gasteiger partial charge in [-0.3, -0.25) is 9.59 Å². The number of hydrogen-bond acceptors (Lipinski definition) is 5. The normalized spacial score (nSPS) is 16.3. The van der Waals surface area contributed by atoms with E-state index in [2.05, 4.69) is 10.3 Å². The average Bonchev–Trinajstić information content (AvgIpc) is 2.96. The van der Waals surface area contributed by atoms with E-state index in [0.29, 0.717) is 16.4 Å². The Morgan fingerprint density at radius 3 is 2.66 bits per heavy atom. The van der Waals surface area contributed by atoms with E-state index < -0.39 is 33.2 Å². The first-order chi connectivity index (χ1) is 13.8. The minimum absolute atomic E-state index is 0.0284. The average molecular weight is 458 g/mol. The first kappa shape index (κ1) is 22.0. The Morgan fingerprint density at radius 2 is 1.97 bits per heavy atom. The molecule has 0 saturated heterocycles. The number of aromatic nitrogens is 1. The number of fused-ring (bicyclic) bond motifs is 1. The van der Waals surface area contributed by atoms with Crippen LogP contribution in [0.4, 0.5) is 0 Å². The van der Waals surface area contributed by atoms with Gasteiger partial charge < -0.3 is 9.88 Å². The molecule has 0 spiro atoms. The molecule has 7 nitrogen and oxygen atoms in total. The lowest BCUT2D eigenvalue weighted by molar-refractivity contribution is -0.119. The fourth-order valence-corrected chi connectivity index (χ4v) is 5.95. The maximum atomic E-state index is 12.3. The number of nitrogens with zero attached hydrogens (tertiary/aromatic N) is 2. The zero-order chi connectivity index (χ0) is 21.0. The smallest absolute Gasteiger partial charge is 0.263 e. The third-order valence-corrected chi connectivity index (χ3v) is 7.51. The Kier molecular flexibility index (Phi) is 7.13. The van der Waals surface area contributed by atoms with Crippen LogP contribution in [0.1, 0.15) is 39.0 Å². The number of thiazole rings is 1. The number of carbonyl (C=O) groups excluding carboxylic acids is 2. The summed E-state index contributed by atoms with van der Waals surface area (Å²) >= 11 is 7.29.